The lowest BCUT2D eigenvalue weighted by molar-refractivity contribution is 1.30. The van der Waals surface area contributed by atoms with Crippen LogP contribution in [0.2, 0.25) is 0 Å². The van der Waals surface area contributed by atoms with E-state index in [0.717, 1.165) is 23.0 Å². The quantitative estimate of drug-likeness (QED) is 0.676. The van der Waals surface area contributed by atoms with Gasteiger partial charge in [0.05, 0.1) is 11.2 Å². The molecule has 0 radical (unpaired) electrons. The van der Waals surface area contributed by atoms with Crippen LogP contribution in [0.3, 0.4) is 0 Å². The van der Waals surface area contributed by atoms with Crippen molar-refractivity contribution in [1.82, 2.24) is 4.98 Å². The number of hydrogen-bond acceptors (Lipinski definition) is 2. The molecule has 2 aromatic rings. The standard InChI is InChI=1S/C13H14N2/c1-3-8-14-12-10(2)6-7-11-5-4-9-15-13(11)12/h4-9H,3H2,1-2H3/b14-8-. The van der Waals surface area contributed by atoms with Crippen molar-refractivity contribution in [2.24, 2.45) is 4.99 Å². The number of aliphatic imine (C=N–C) groups is 1. The fraction of sp³-hybridized carbons (Fsp3) is 0.231. The summed E-state index contributed by atoms with van der Waals surface area (Å²) >= 11 is 0. The van der Waals surface area contributed by atoms with Gasteiger partial charge in [0.2, 0.25) is 0 Å². The Morgan fingerprint density at radius 1 is 1.33 bits per heavy atom. The topological polar surface area (TPSA) is 25.2 Å². The fourth-order valence-corrected chi connectivity index (χ4v) is 1.58. The maximum absolute atomic E-state index is 4.46. The zero-order valence-corrected chi connectivity index (χ0v) is 9.07. The van der Waals surface area contributed by atoms with Gasteiger partial charge in [0.15, 0.2) is 0 Å². The van der Waals surface area contributed by atoms with Crippen molar-refractivity contribution in [2.45, 2.75) is 20.3 Å². The molecule has 0 amide bonds. The molecule has 2 rings (SSSR count). The average molecular weight is 198 g/mol. The minimum Gasteiger partial charge on any atom is -0.259 e. The van der Waals surface area contributed by atoms with Crippen LogP contribution in [0.5, 0.6) is 0 Å². The number of aryl methyl sites for hydroxylation is 1. The van der Waals surface area contributed by atoms with Gasteiger partial charge in [-0.15, -0.1) is 0 Å². The highest BCUT2D eigenvalue weighted by atomic mass is 14.8. The van der Waals surface area contributed by atoms with Gasteiger partial charge in [0, 0.05) is 17.8 Å². The van der Waals surface area contributed by atoms with Gasteiger partial charge in [-0.25, -0.2) is 0 Å². The fourth-order valence-electron chi connectivity index (χ4n) is 1.58. The Morgan fingerprint density at radius 3 is 3.00 bits per heavy atom. The minimum atomic E-state index is 0.947. The first kappa shape index (κ1) is 9.84. The number of rotatable bonds is 2. The second-order valence-corrected chi connectivity index (χ2v) is 3.53. The Kier molecular flexibility index (Phi) is 2.77. The summed E-state index contributed by atoms with van der Waals surface area (Å²) < 4.78 is 0. The first-order valence-electron chi connectivity index (χ1n) is 5.19. The van der Waals surface area contributed by atoms with Gasteiger partial charge in [0.25, 0.3) is 0 Å². The maximum atomic E-state index is 4.46. The SMILES string of the molecule is CC/C=N\c1c(C)ccc2cccnc12. The van der Waals surface area contributed by atoms with E-state index >= 15 is 0 Å². The molecule has 0 fully saturated rings. The summed E-state index contributed by atoms with van der Waals surface area (Å²) in [5.41, 5.74) is 3.16. The molecule has 1 heterocycles. The van der Waals surface area contributed by atoms with Gasteiger partial charge in [-0.2, -0.15) is 0 Å². The average Bonchev–Trinajstić information content (AvgIpc) is 2.28. The highest BCUT2D eigenvalue weighted by molar-refractivity contribution is 5.91. The third-order valence-corrected chi connectivity index (χ3v) is 2.35. The van der Waals surface area contributed by atoms with E-state index in [9.17, 15) is 0 Å². The molecule has 0 atom stereocenters. The van der Waals surface area contributed by atoms with Gasteiger partial charge < -0.3 is 0 Å². The molecule has 0 spiro atoms. The zero-order chi connectivity index (χ0) is 10.7. The van der Waals surface area contributed by atoms with Crippen LogP contribution in [0.4, 0.5) is 5.69 Å². The molecule has 15 heavy (non-hydrogen) atoms. The molecule has 0 aliphatic carbocycles. The van der Waals surface area contributed by atoms with E-state index in [1.54, 1.807) is 0 Å². The van der Waals surface area contributed by atoms with Crippen molar-refractivity contribution in [3.63, 3.8) is 0 Å². The van der Waals surface area contributed by atoms with E-state index in [4.69, 9.17) is 0 Å². The summed E-state index contributed by atoms with van der Waals surface area (Å²) in [5, 5.41) is 1.14. The summed E-state index contributed by atoms with van der Waals surface area (Å²) in [5.74, 6) is 0. The van der Waals surface area contributed by atoms with Crippen molar-refractivity contribution in [1.29, 1.82) is 0 Å². The largest absolute Gasteiger partial charge is 0.259 e. The number of hydrogen-bond donors (Lipinski definition) is 0. The normalized spacial score (nSPS) is 11.3. The number of aromatic nitrogens is 1. The monoisotopic (exact) mass is 198 g/mol. The first-order chi connectivity index (χ1) is 7.33. The second kappa shape index (κ2) is 4.22. The van der Waals surface area contributed by atoms with Crippen molar-refractivity contribution in [2.75, 3.05) is 0 Å². The van der Waals surface area contributed by atoms with Crippen LogP contribution in [0.15, 0.2) is 35.5 Å². The summed E-state index contributed by atoms with van der Waals surface area (Å²) in [7, 11) is 0. The maximum Gasteiger partial charge on any atom is 0.0960 e. The van der Waals surface area contributed by atoms with E-state index in [1.807, 2.05) is 18.5 Å². The molecule has 0 N–H and O–H groups in total. The summed E-state index contributed by atoms with van der Waals surface area (Å²) in [6.07, 6.45) is 4.69. The molecule has 2 heteroatoms. The molecule has 76 valence electrons. The molecular formula is C13H14N2. The lowest BCUT2D eigenvalue weighted by atomic mass is 10.1. The Hall–Kier alpha value is -1.70. The van der Waals surface area contributed by atoms with Crippen molar-refractivity contribution >= 4 is 22.8 Å². The minimum absolute atomic E-state index is 0.947. The highest BCUT2D eigenvalue weighted by Gasteiger charge is 2.02. The van der Waals surface area contributed by atoms with Gasteiger partial charge in [0.1, 0.15) is 0 Å². The predicted octanol–water partition coefficient (Wildman–Crippen LogP) is 3.66. The molecular weight excluding hydrogens is 184 g/mol. The molecule has 2 nitrogen and oxygen atoms in total. The summed E-state index contributed by atoms with van der Waals surface area (Å²) in [4.78, 5) is 8.85. The Bertz CT molecular complexity index is 501. The highest BCUT2D eigenvalue weighted by Crippen LogP contribution is 2.27. The first-order valence-corrected chi connectivity index (χ1v) is 5.19. The third-order valence-electron chi connectivity index (χ3n) is 2.35. The van der Waals surface area contributed by atoms with E-state index < -0.39 is 0 Å². The Labute approximate surface area is 89.7 Å². The predicted molar refractivity (Wildman–Crippen MR) is 64.9 cm³/mol. The van der Waals surface area contributed by atoms with Gasteiger partial charge in [-0.3, -0.25) is 9.98 Å². The van der Waals surface area contributed by atoms with E-state index in [1.165, 1.54) is 5.56 Å². The molecule has 0 unspecified atom stereocenters. The smallest absolute Gasteiger partial charge is 0.0960 e. The van der Waals surface area contributed by atoms with Gasteiger partial charge >= 0.3 is 0 Å². The van der Waals surface area contributed by atoms with Crippen LogP contribution in [0.25, 0.3) is 10.9 Å². The van der Waals surface area contributed by atoms with E-state index in [2.05, 4.69) is 42.0 Å². The number of pyridine rings is 1. The van der Waals surface area contributed by atoms with Crippen LogP contribution in [0.1, 0.15) is 18.9 Å². The van der Waals surface area contributed by atoms with E-state index in [-0.39, 0.29) is 0 Å². The van der Waals surface area contributed by atoms with E-state index in [0.29, 0.717) is 0 Å². The molecule has 0 bridgehead atoms. The van der Waals surface area contributed by atoms with Crippen LogP contribution in [0, 0.1) is 6.92 Å². The van der Waals surface area contributed by atoms with Gasteiger partial charge in [-0.05, 0) is 25.0 Å². The summed E-state index contributed by atoms with van der Waals surface area (Å²) in [6, 6.07) is 8.19. The number of benzene rings is 1. The van der Waals surface area contributed by atoms with Crippen molar-refractivity contribution in [3.05, 3.63) is 36.0 Å². The van der Waals surface area contributed by atoms with Crippen molar-refractivity contribution in [3.8, 4) is 0 Å². The number of nitrogens with zero attached hydrogens (tertiary/aromatic N) is 2. The van der Waals surface area contributed by atoms with Crippen LogP contribution in [-0.4, -0.2) is 11.2 Å². The molecule has 1 aromatic heterocycles. The molecule has 0 saturated carbocycles. The lowest BCUT2D eigenvalue weighted by Gasteiger charge is -2.04. The third kappa shape index (κ3) is 1.89. The molecule has 0 aliphatic rings. The van der Waals surface area contributed by atoms with Crippen LogP contribution >= 0.6 is 0 Å². The molecule has 0 saturated heterocycles. The van der Waals surface area contributed by atoms with Crippen molar-refractivity contribution < 1.29 is 0 Å². The number of fused-ring (bicyclic) bond motifs is 1. The lowest BCUT2D eigenvalue weighted by Crippen LogP contribution is -1.82. The van der Waals surface area contributed by atoms with Crippen LogP contribution in [-0.2, 0) is 0 Å². The Morgan fingerprint density at radius 2 is 2.20 bits per heavy atom. The summed E-state index contributed by atoms with van der Waals surface area (Å²) in [6.45, 7) is 4.15. The van der Waals surface area contributed by atoms with Gasteiger partial charge in [-0.1, -0.05) is 25.1 Å². The Balaban J connectivity index is 2.68. The molecule has 1 aromatic carbocycles. The molecule has 0 aliphatic heterocycles. The second-order valence-electron chi connectivity index (χ2n) is 3.53. The van der Waals surface area contributed by atoms with Crippen LogP contribution < -0.4 is 0 Å². The zero-order valence-electron chi connectivity index (χ0n) is 9.07.